The van der Waals surface area contributed by atoms with E-state index >= 15 is 0 Å². The third kappa shape index (κ3) is 3.67. The van der Waals surface area contributed by atoms with Gasteiger partial charge >= 0.3 is 0 Å². The van der Waals surface area contributed by atoms with Crippen molar-refractivity contribution >= 4 is 40.5 Å². The second-order valence-corrected chi connectivity index (χ2v) is 6.66. The first-order valence-electron chi connectivity index (χ1n) is 8.10. The van der Waals surface area contributed by atoms with Crippen LogP contribution >= 0.6 is 11.6 Å². The lowest BCUT2D eigenvalue weighted by atomic mass is 10.2. The predicted molar refractivity (Wildman–Crippen MR) is 101 cm³/mol. The van der Waals surface area contributed by atoms with Gasteiger partial charge < -0.3 is 9.80 Å². The summed E-state index contributed by atoms with van der Waals surface area (Å²) in [5.74, 6) is -0.457. The van der Waals surface area contributed by atoms with Crippen LogP contribution in [0.4, 0.5) is 17.1 Å². The summed E-state index contributed by atoms with van der Waals surface area (Å²) in [6.07, 6.45) is -0.172. The van der Waals surface area contributed by atoms with Crippen molar-refractivity contribution in [3.8, 4) is 0 Å². The van der Waals surface area contributed by atoms with Gasteiger partial charge in [0.25, 0.3) is 0 Å². The lowest BCUT2D eigenvalue weighted by molar-refractivity contribution is -0.125. The summed E-state index contributed by atoms with van der Waals surface area (Å²) in [7, 11) is 3.90. The Kier molecular flexibility index (Phi) is 5.06. The number of fused-ring (bicyclic) bond motifs is 1. The molecule has 0 aliphatic carbocycles. The summed E-state index contributed by atoms with van der Waals surface area (Å²) in [5.41, 5.74) is 2.05. The predicted octanol–water partition coefficient (Wildman–Crippen LogP) is 3.30. The Balaban J connectivity index is 2.12. The summed E-state index contributed by atoms with van der Waals surface area (Å²) in [6.45, 7) is 1.21. The SMILES string of the molecule is CN(C)CCN1C(=O)CC(=O)N(c2ccccc2)c2cc(Cl)ccc21. The van der Waals surface area contributed by atoms with Crippen molar-refractivity contribution in [1.29, 1.82) is 0 Å². The Morgan fingerprint density at radius 3 is 2.40 bits per heavy atom. The molecule has 3 rings (SSSR count). The summed E-state index contributed by atoms with van der Waals surface area (Å²) in [4.78, 5) is 30.8. The molecule has 6 heteroatoms. The smallest absolute Gasteiger partial charge is 0.241 e. The van der Waals surface area contributed by atoms with Crippen molar-refractivity contribution in [3.05, 3.63) is 53.6 Å². The number of likely N-dealkylation sites (N-methyl/N-ethyl adjacent to an activating group) is 1. The molecule has 130 valence electrons. The first-order valence-corrected chi connectivity index (χ1v) is 8.48. The molecule has 2 aromatic rings. The first-order chi connectivity index (χ1) is 12.0. The molecule has 0 saturated heterocycles. The van der Waals surface area contributed by atoms with Gasteiger partial charge in [-0.05, 0) is 44.4 Å². The van der Waals surface area contributed by atoms with Crippen LogP contribution in [0.1, 0.15) is 6.42 Å². The number of para-hydroxylation sites is 1. The number of benzene rings is 2. The van der Waals surface area contributed by atoms with E-state index < -0.39 is 0 Å². The van der Waals surface area contributed by atoms with Crippen LogP contribution in [-0.4, -0.2) is 43.9 Å². The fourth-order valence-electron chi connectivity index (χ4n) is 2.88. The number of rotatable bonds is 4. The van der Waals surface area contributed by atoms with Gasteiger partial charge in [-0.3, -0.25) is 14.5 Å². The number of hydrogen-bond donors (Lipinski definition) is 0. The van der Waals surface area contributed by atoms with E-state index in [9.17, 15) is 9.59 Å². The molecule has 25 heavy (non-hydrogen) atoms. The molecule has 0 bridgehead atoms. The molecular weight excluding hydrogens is 338 g/mol. The highest BCUT2D eigenvalue weighted by Crippen LogP contribution is 2.39. The van der Waals surface area contributed by atoms with Gasteiger partial charge in [0, 0.05) is 23.8 Å². The Morgan fingerprint density at radius 2 is 1.72 bits per heavy atom. The van der Waals surface area contributed by atoms with E-state index in [4.69, 9.17) is 11.6 Å². The quantitative estimate of drug-likeness (QED) is 0.788. The van der Waals surface area contributed by atoms with Gasteiger partial charge in [0.15, 0.2) is 0 Å². The molecule has 2 amide bonds. The van der Waals surface area contributed by atoms with Crippen LogP contribution in [0, 0.1) is 0 Å². The number of carbonyl (C=O) groups is 2. The number of anilines is 3. The van der Waals surface area contributed by atoms with Gasteiger partial charge in [0.2, 0.25) is 11.8 Å². The second kappa shape index (κ2) is 7.25. The molecule has 0 fully saturated rings. The molecule has 2 aromatic carbocycles. The number of halogens is 1. The summed E-state index contributed by atoms with van der Waals surface area (Å²) in [6, 6.07) is 14.6. The molecule has 1 aliphatic heterocycles. The van der Waals surface area contributed by atoms with Gasteiger partial charge in [-0.1, -0.05) is 29.8 Å². The lowest BCUT2D eigenvalue weighted by Gasteiger charge is -2.26. The van der Waals surface area contributed by atoms with Crippen LogP contribution in [0.25, 0.3) is 0 Å². The second-order valence-electron chi connectivity index (χ2n) is 6.22. The van der Waals surface area contributed by atoms with Crippen LogP contribution in [0.5, 0.6) is 0 Å². The fraction of sp³-hybridized carbons (Fsp3) is 0.263. The topological polar surface area (TPSA) is 43.9 Å². The Hall–Kier alpha value is -2.37. The number of carbonyl (C=O) groups excluding carboxylic acids is 2. The molecule has 0 unspecified atom stereocenters. The van der Waals surface area contributed by atoms with Crippen molar-refractivity contribution < 1.29 is 9.59 Å². The van der Waals surface area contributed by atoms with Crippen LogP contribution in [-0.2, 0) is 9.59 Å². The molecule has 1 aliphatic rings. The minimum Gasteiger partial charge on any atom is -0.309 e. The maximum atomic E-state index is 12.8. The number of amides is 2. The van der Waals surface area contributed by atoms with Crippen molar-refractivity contribution in [3.63, 3.8) is 0 Å². The summed E-state index contributed by atoms with van der Waals surface area (Å²) in [5, 5.41) is 0.523. The molecule has 0 aromatic heterocycles. The molecule has 0 N–H and O–H groups in total. The first kappa shape index (κ1) is 17.5. The van der Waals surface area contributed by atoms with Crippen molar-refractivity contribution in [1.82, 2.24) is 4.90 Å². The maximum absolute atomic E-state index is 12.8. The van der Waals surface area contributed by atoms with Crippen LogP contribution in [0.15, 0.2) is 48.5 Å². The van der Waals surface area contributed by atoms with E-state index in [2.05, 4.69) is 0 Å². The molecule has 0 atom stereocenters. The molecular formula is C19H20ClN3O2. The Morgan fingerprint density at radius 1 is 1.00 bits per heavy atom. The van der Waals surface area contributed by atoms with E-state index in [0.717, 1.165) is 5.69 Å². The average molecular weight is 358 g/mol. The number of hydrogen-bond acceptors (Lipinski definition) is 3. The zero-order valence-corrected chi connectivity index (χ0v) is 15.0. The average Bonchev–Trinajstić information content (AvgIpc) is 2.67. The molecule has 0 spiro atoms. The maximum Gasteiger partial charge on any atom is 0.241 e. The van der Waals surface area contributed by atoms with Gasteiger partial charge in [-0.2, -0.15) is 0 Å². The zero-order chi connectivity index (χ0) is 18.0. The van der Waals surface area contributed by atoms with E-state index in [1.807, 2.05) is 49.3 Å². The summed E-state index contributed by atoms with van der Waals surface area (Å²) < 4.78 is 0. The lowest BCUT2D eigenvalue weighted by Crippen LogP contribution is -2.36. The Labute approximate surface area is 152 Å². The molecule has 1 heterocycles. The van der Waals surface area contributed by atoms with Crippen LogP contribution in [0.2, 0.25) is 5.02 Å². The van der Waals surface area contributed by atoms with E-state index in [1.54, 1.807) is 28.0 Å². The highest BCUT2D eigenvalue weighted by atomic mass is 35.5. The normalized spacial score (nSPS) is 14.7. The minimum atomic E-state index is -0.257. The van der Waals surface area contributed by atoms with Crippen molar-refractivity contribution in [2.75, 3.05) is 37.0 Å². The Bertz CT molecular complexity index is 793. The third-order valence-corrected chi connectivity index (χ3v) is 4.34. The van der Waals surface area contributed by atoms with Crippen LogP contribution < -0.4 is 9.80 Å². The summed E-state index contributed by atoms with van der Waals surface area (Å²) >= 11 is 6.19. The van der Waals surface area contributed by atoms with E-state index in [-0.39, 0.29) is 18.2 Å². The van der Waals surface area contributed by atoms with Crippen LogP contribution in [0.3, 0.4) is 0 Å². The highest BCUT2D eigenvalue weighted by Gasteiger charge is 2.32. The molecule has 5 nitrogen and oxygen atoms in total. The third-order valence-electron chi connectivity index (χ3n) is 4.11. The van der Waals surface area contributed by atoms with Gasteiger partial charge in [-0.15, -0.1) is 0 Å². The molecule has 0 radical (unpaired) electrons. The zero-order valence-electron chi connectivity index (χ0n) is 14.3. The standard InChI is InChI=1S/C19H20ClN3O2/c1-21(2)10-11-22-16-9-8-14(20)12-17(16)23(19(25)13-18(22)24)15-6-4-3-5-7-15/h3-9,12H,10-11,13H2,1-2H3. The number of nitrogens with zero attached hydrogens (tertiary/aromatic N) is 3. The molecule has 0 saturated carbocycles. The van der Waals surface area contributed by atoms with Gasteiger partial charge in [-0.25, -0.2) is 0 Å². The van der Waals surface area contributed by atoms with E-state index in [0.29, 0.717) is 29.5 Å². The monoisotopic (exact) mass is 357 g/mol. The van der Waals surface area contributed by atoms with Crippen molar-refractivity contribution in [2.24, 2.45) is 0 Å². The fourth-order valence-corrected chi connectivity index (χ4v) is 3.05. The minimum absolute atomic E-state index is 0.172. The van der Waals surface area contributed by atoms with Gasteiger partial charge in [0.05, 0.1) is 11.4 Å². The van der Waals surface area contributed by atoms with E-state index in [1.165, 1.54) is 0 Å². The highest BCUT2D eigenvalue weighted by molar-refractivity contribution is 6.31. The largest absolute Gasteiger partial charge is 0.309 e. The van der Waals surface area contributed by atoms with Crippen molar-refractivity contribution in [2.45, 2.75) is 6.42 Å². The van der Waals surface area contributed by atoms with Gasteiger partial charge in [0.1, 0.15) is 6.42 Å².